The highest BCUT2D eigenvalue weighted by Gasteiger charge is 2.36. The van der Waals surface area contributed by atoms with Gasteiger partial charge in [0, 0.05) is 31.7 Å². The van der Waals surface area contributed by atoms with E-state index in [9.17, 15) is 4.79 Å². The SMILES string of the molecule is Cc1ccc(CNC(=O)N[C@@H]2C[C@H]3CO[C@@H](C)CN3C2)cc1. The molecule has 0 unspecified atom stereocenters. The van der Waals surface area contributed by atoms with Crippen molar-refractivity contribution in [2.75, 3.05) is 19.7 Å². The summed E-state index contributed by atoms with van der Waals surface area (Å²) in [5.41, 5.74) is 2.35. The molecule has 120 valence electrons. The molecule has 0 aromatic heterocycles. The van der Waals surface area contributed by atoms with Crippen molar-refractivity contribution in [2.24, 2.45) is 0 Å². The molecule has 2 aliphatic heterocycles. The molecule has 0 bridgehead atoms. The first-order valence-corrected chi connectivity index (χ1v) is 8.05. The van der Waals surface area contributed by atoms with Crippen LogP contribution in [-0.2, 0) is 11.3 Å². The standard InChI is InChI=1S/C17H25N3O2/c1-12-3-5-14(6-4-12)8-18-17(21)19-15-7-16-11-22-13(2)9-20(16)10-15/h3-6,13,15-16H,7-11H2,1-2H3,(H2,18,19,21)/t13-,15+,16-/m0/s1. The number of ether oxygens (including phenoxy) is 1. The molecule has 22 heavy (non-hydrogen) atoms. The maximum atomic E-state index is 12.0. The third-order valence-corrected chi connectivity index (χ3v) is 4.50. The van der Waals surface area contributed by atoms with Gasteiger partial charge in [-0.3, -0.25) is 4.90 Å². The molecule has 2 aliphatic rings. The zero-order chi connectivity index (χ0) is 15.5. The summed E-state index contributed by atoms with van der Waals surface area (Å²) in [5.74, 6) is 0. The molecule has 1 aromatic rings. The molecule has 3 atom stereocenters. The number of rotatable bonds is 3. The van der Waals surface area contributed by atoms with Gasteiger partial charge in [-0.1, -0.05) is 29.8 Å². The summed E-state index contributed by atoms with van der Waals surface area (Å²) in [5, 5.41) is 6.02. The second-order valence-electron chi connectivity index (χ2n) is 6.50. The number of nitrogens with one attached hydrogen (secondary N) is 2. The lowest BCUT2D eigenvalue weighted by atomic mass is 10.1. The van der Waals surface area contributed by atoms with Gasteiger partial charge in [0.2, 0.25) is 0 Å². The van der Waals surface area contributed by atoms with Crippen molar-refractivity contribution in [3.63, 3.8) is 0 Å². The Hall–Kier alpha value is -1.59. The van der Waals surface area contributed by atoms with E-state index in [-0.39, 0.29) is 12.1 Å². The van der Waals surface area contributed by atoms with E-state index in [4.69, 9.17) is 4.74 Å². The zero-order valence-electron chi connectivity index (χ0n) is 13.3. The van der Waals surface area contributed by atoms with E-state index in [2.05, 4.69) is 41.5 Å². The van der Waals surface area contributed by atoms with E-state index in [1.54, 1.807) is 0 Å². The maximum absolute atomic E-state index is 12.0. The summed E-state index contributed by atoms with van der Waals surface area (Å²) >= 11 is 0. The van der Waals surface area contributed by atoms with Gasteiger partial charge >= 0.3 is 6.03 Å². The second-order valence-corrected chi connectivity index (χ2v) is 6.50. The van der Waals surface area contributed by atoms with Gasteiger partial charge in [0.25, 0.3) is 0 Å². The maximum Gasteiger partial charge on any atom is 0.315 e. The largest absolute Gasteiger partial charge is 0.376 e. The van der Waals surface area contributed by atoms with E-state index >= 15 is 0 Å². The van der Waals surface area contributed by atoms with Gasteiger partial charge in [0.05, 0.1) is 12.7 Å². The van der Waals surface area contributed by atoms with Crippen LogP contribution < -0.4 is 10.6 Å². The van der Waals surface area contributed by atoms with Crippen LogP contribution in [0.1, 0.15) is 24.5 Å². The summed E-state index contributed by atoms with van der Waals surface area (Å²) in [4.78, 5) is 14.5. The first-order valence-electron chi connectivity index (χ1n) is 8.05. The fourth-order valence-corrected chi connectivity index (χ4v) is 3.27. The van der Waals surface area contributed by atoms with Crippen LogP contribution in [0.5, 0.6) is 0 Å². The Morgan fingerprint density at radius 2 is 2.09 bits per heavy atom. The highest BCUT2D eigenvalue weighted by Crippen LogP contribution is 2.22. The summed E-state index contributed by atoms with van der Waals surface area (Å²) in [6, 6.07) is 8.81. The van der Waals surface area contributed by atoms with Crippen molar-refractivity contribution < 1.29 is 9.53 Å². The minimum Gasteiger partial charge on any atom is -0.376 e. The normalized spacial score (nSPS) is 28.2. The summed E-state index contributed by atoms with van der Waals surface area (Å²) in [6.45, 7) is 7.40. The number of amides is 2. The van der Waals surface area contributed by atoms with Crippen molar-refractivity contribution in [3.8, 4) is 0 Å². The molecule has 5 nitrogen and oxygen atoms in total. The predicted molar refractivity (Wildman–Crippen MR) is 85.7 cm³/mol. The third kappa shape index (κ3) is 3.78. The zero-order valence-corrected chi connectivity index (χ0v) is 13.3. The molecule has 0 spiro atoms. The Balaban J connectivity index is 1.43. The average Bonchev–Trinajstić information content (AvgIpc) is 2.88. The highest BCUT2D eigenvalue weighted by atomic mass is 16.5. The molecule has 3 rings (SSSR count). The molecule has 2 saturated heterocycles. The van der Waals surface area contributed by atoms with Crippen molar-refractivity contribution in [3.05, 3.63) is 35.4 Å². The molecule has 0 saturated carbocycles. The van der Waals surface area contributed by atoms with Gasteiger partial charge in [0.1, 0.15) is 0 Å². The third-order valence-electron chi connectivity index (χ3n) is 4.50. The van der Waals surface area contributed by atoms with Crippen LogP contribution in [0, 0.1) is 6.92 Å². The smallest absolute Gasteiger partial charge is 0.315 e. The van der Waals surface area contributed by atoms with Crippen molar-refractivity contribution in [2.45, 2.75) is 45.0 Å². The van der Waals surface area contributed by atoms with Crippen LogP contribution in [-0.4, -0.2) is 48.8 Å². The van der Waals surface area contributed by atoms with E-state index in [1.807, 2.05) is 12.1 Å². The van der Waals surface area contributed by atoms with Crippen LogP contribution in [0.4, 0.5) is 4.79 Å². The number of morpholine rings is 1. The van der Waals surface area contributed by atoms with E-state index in [1.165, 1.54) is 5.56 Å². The second kappa shape index (κ2) is 6.67. The lowest BCUT2D eigenvalue weighted by Gasteiger charge is -2.33. The van der Waals surface area contributed by atoms with Gasteiger partial charge < -0.3 is 15.4 Å². The number of nitrogens with zero attached hydrogens (tertiary/aromatic N) is 1. The molecule has 2 N–H and O–H groups in total. The summed E-state index contributed by atoms with van der Waals surface area (Å²) < 4.78 is 5.69. The van der Waals surface area contributed by atoms with Gasteiger partial charge in [-0.05, 0) is 25.8 Å². The molecule has 2 amide bonds. The lowest BCUT2D eigenvalue weighted by Crippen LogP contribution is -2.46. The Morgan fingerprint density at radius 3 is 2.86 bits per heavy atom. The van der Waals surface area contributed by atoms with Crippen LogP contribution >= 0.6 is 0 Å². The monoisotopic (exact) mass is 303 g/mol. The molecule has 2 heterocycles. The first kappa shape index (κ1) is 15.3. The van der Waals surface area contributed by atoms with Crippen molar-refractivity contribution >= 4 is 6.03 Å². The molecular formula is C17H25N3O2. The Labute approximate surface area is 132 Å². The van der Waals surface area contributed by atoms with Crippen LogP contribution in [0.3, 0.4) is 0 Å². The van der Waals surface area contributed by atoms with Gasteiger partial charge in [-0.2, -0.15) is 0 Å². The molecule has 0 aliphatic carbocycles. The molecular weight excluding hydrogens is 278 g/mol. The summed E-state index contributed by atoms with van der Waals surface area (Å²) in [6.07, 6.45) is 1.27. The number of carbonyl (C=O) groups is 1. The molecule has 0 radical (unpaired) electrons. The first-order chi connectivity index (χ1) is 10.6. The highest BCUT2D eigenvalue weighted by molar-refractivity contribution is 5.74. The minimum absolute atomic E-state index is 0.0839. The fourth-order valence-electron chi connectivity index (χ4n) is 3.27. The average molecular weight is 303 g/mol. The number of fused-ring (bicyclic) bond motifs is 1. The van der Waals surface area contributed by atoms with Crippen molar-refractivity contribution in [1.82, 2.24) is 15.5 Å². The van der Waals surface area contributed by atoms with Gasteiger partial charge in [0.15, 0.2) is 0 Å². The van der Waals surface area contributed by atoms with Gasteiger partial charge in [-0.25, -0.2) is 4.79 Å². The van der Waals surface area contributed by atoms with Gasteiger partial charge in [-0.15, -0.1) is 0 Å². The number of aryl methyl sites for hydroxylation is 1. The quantitative estimate of drug-likeness (QED) is 0.893. The minimum atomic E-state index is -0.0839. The molecule has 1 aromatic carbocycles. The molecule has 5 heteroatoms. The van der Waals surface area contributed by atoms with E-state index in [0.29, 0.717) is 18.7 Å². The predicted octanol–water partition coefficient (Wildman–Crippen LogP) is 1.66. The molecule has 2 fully saturated rings. The number of benzene rings is 1. The fraction of sp³-hybridized carbons (Fsp3) is 0.588. The topological polar surface area (TPSA) is 53.6 Å². The Bertz CT molecular complexity index is 517. The van der Waals surface area contributed by atoms with E-state index in [0.717, 1.165) is 31.7 Å². The van der Waals surface area contributed by atoms with Crippen LogP contribution in [0.25, 0.3) is 0 Å². The van der Waals surface area contributed by atoms with Crippen molar-refractivity contribution in [1.29, 1.82) is 0 Å². The Morgan fingerprint density at radius 1 is 1.32 bits per heavy atom. The summed E-state index contributed by atoms with van der Waals surface area (Å²) in [7, 11) is 0. The Kier molecular flexibility index (Phi) is 4.64. The van der Waals surface area contributed by atoms with Crippen LogP contribution in [0.15, 0.2) is 24.3 Å². The van der Waals surface area contributed by atoms with Crippen LogP contribution in [0.2, 0.25) is 0 Å². The number of hydrogen-bond acceptors (Lipinski definition) is 3. The lowest BCUT2D eigenvalue weighted by molar-refractivity contribution is -0.0390. The van der Waals surface area contributed by atoms with E-state index < -0.39 is 0 Å². The number of urea groups is 1. The number of carbonyl (C=O) groups excluding carboxylic acids is 1. The number of hydrogen-bond donors (Lipinski definition) is 2.